The van der Waals surface area contributed by atoms with E-state index >= 15 is 0 Å². The Hall–Kier alpha value is -2.36. The number of nitrogens with one attached hydrogen (secondary N) is 1. The smallest absolute Gasteiger partial charge is 0.227 e. The van der Waals surface area contributed by atoms with Gasteiger partial charge in [-0.25, -0.2) is 4.98 Å². The van der Waals surface area contributed by atoms with Gasteiger partial charge in [0.1, 0.15) is 5.82 Å². The molecule has 0 spiro atoms. The van der Waals surface area contributed by atoms with Crippen molar-refractivity contribution in [1.29, 1.82) is 0 Å². The molecule has 0 radical (unpaired) electrons. The predicted molar refractivity (Wildman–Crippen MR) is 96.8 cm³/mol. The van der Waals surface area contributed by atoms with Crippen LogP contribution in [-0.4, -0.2) is 29.6 Å². The molecule has 1 unspecified atom stereocenters. The van der Waals surface area contributed by atoms with Crippen molar-refractivity contribution in [2.45, 2.75) is 19.8 Å². The van der Waals surface area contributed by atoms with E-state index < -0.39 is 0 Å². The van der Waals surface area contributed by atoms with Crippen molar-refractivity contribution >= 4 is 11.8 Å². The van der Waals surface area contributed by atoms with Gasteiger partial charge in [-0.2, -0.15) is 4.98 Å². The molecule has 1 fully saturated rings. The fourth-order valence-electron chi connectivity index (χ4n) is 2.97. The van der Waals surface area contributed by atoms with Gasteiger partial charge in [0.05, 0.1) is 5.69 Å². The zero-order valence-electron chi connectivity index (χ0n) is 13.7. The van der Waals surface area contributed by atoms with Gasteiger partial charge in [0.25, 0.3) is 0 Å². The van der Waals surface area contributed by atoms with Crippen LogP contribution in [0.15, 0.2) is 49.1 Å². The van der Waals surface area contributed by atoms with Crippen molar-refractivity contribution in [3.63, 3.8) is 0 Å². The van der Waals surface area contributed by atoms with Crippen molar-refractivity contribution in [2.24, 2.45) is 5.92 Å². The lowest BCUT2D eigenvalue weighted by Gasteiger charge is -2.31. The summed E-state index contributed by atoms with van der Waals surface area (Å²) in [4.78, 5) is 11.8. The topological polar surface area (TPSA) is 41.1 Å². The molecule has 0 amide bonds. The Bertz CT molecular complexity index is 654. The van der Waals surface area contributed by atoms with E-state index in [2.05, 4.69) is 35.9 Å². The number of hydrogen-bond acceptors (Lipinski definition) is 4. The fourth-order valence-corrected chi connectivity index (χ4v) is 2.97. The Morgan fingerprint density at radius 1 is 1.30 bits per heavy atom. The summed E-state index contributed by atoms with van der Waals surface area (Å²) >= 11 is 0. The van der Waals surface area contributed by atoms with Crippen LogP contribution in [-0.2, 0) is 0 Å². The van der Waals surface area contributed by atoms with E-state index in [1.165, 1.54) is 12.8 Å². The Morgan fingerprint density at radius 3 is 2.87 bits per heavy atom. The van der Waals surface area contributed by atoms with Gasteiger partial charge in [-0.1, -0.05) is 43.3 Å². The van der Waals surface area contributed by atoms with Crippen LogP contribution in [0.1, 0.15) is 19.8 Å². The molecule has 2 heterocycles. The van der Waals surface area contributed by atoms with Gasteiger partial charge in [0.15, 0.2) is 0 Å². The van der Waals surface area contributed by atoms with Crippen molar-refractivity contribution in [2.75, 3.05) is 29.9 Å². The van der Waals surface area contributed by atoms with Crippen molar-refractivity contribution in [3.05, 3.63) is 49.1 Å². The standard InChI is InChI=1S/C19H24N4/c1-3-11-20-18-13-17(16-9-5-4-6-10-16)21-19(22-18)23-12-7-8-15(2)14-23/h3-6,9-10,13,15H,1,7-8,11-12,14H2,2H3,(H,20,21,22). The zero-order chi connectivity index (χ0) is 16.1. The molecule has 1 aliphatic heterocycles. The molecule has 4 nitrogen and oxygen atoms in total. The van der Waals surface area contributed by atoms with Crippen LogP contribution >= 0.6 is 0 Å². The molecule has 0 aliphatic carbocycles. The molecule has 0 saturated carbocycles. The molecule has 1 N–H and O–H groups in total. The summed E-state index contributed by atoms with van der Waals surface area (Å²) < 4.78 is 0. The maximum Gasteiger partial charge on any atom is 0.227 e. The minimum Gasteiger partial charge on any atom is -0.366 e. The molecule has 3 rings (SSSR count). The first kappa shape index (κ1) is 15.5. The van der Waals surface area contributed by atoms with E-state index in [-0.39, 0.29) is 0 Å². The lowest BCUT2D eigenvalue weighted by molar-refractivity contribution is 0.442. The Kier molecular flexibility index (Phi) is 4.91. The maximum atomic E-state index is 4.82. The summed E-state index contributed by atoms with van der Waals surface area (Å²) in [6.07, 6.45) is 4.33. The van der Waals surface area contributed by atoms with Gasteiger partial charge in [0.2, 0.25) is 5.95 Å². The molecule has 2 aromatic rings. The summed E-state index contributed by atoms with van der Waals surface area (Å²) in [5, 5.41) is 3.30. The summed E-state index contributed by atoms with van der Waals surface area (Å²) in [5.74, 6) is 2.37. The van der Waals surface area contributed by atoms with Gasteiger partial charge in [-0.15, -0.1) is 6.58 Å². The van der Waals surface area contributed by atoms with Gasteiger partial charge in [-0.3, -0.25) is 0 Å². The molecule has 1 atom stereocenters. The predicted octanol–water partition coefficient (Wildman–Crippen LogP) is 3.98. The van der Waals surface area contributed by atoms with Crippen LogP contribution in [0.25, 0.3) is 11.3 Å². The molecule has 23 heavy (non-hydrogen) atoms. The maximum absolute atomic E-state index is 4.82. The van der Waals surface area contributed by atoms with E-state index in [4.69, 9.17) is 9.97 Å². The second kappa shape index (κ2) is 7.27. The van der Waals surface area contributed by atoms with Crippen LogP contribution in [0.2, 0.25) is 0 Å². The van der Waals surface area contributed by atoms with Crippen LogP contribution < -0.4 is 10.2 Å². The SMILES string of the molecule is C=CCNc1cc(-c2ccccc2)nc(N2CCCC(C)C2)n1. The number of hydrogen-bond donors (Lipinski definition) is 1. The highest BCUT2D eigenvalue weighted by Crippen LogP contribution is 2.25. The zero-order valence-corrected chi connectivity index (χ0v) is 13.7. The molecular weight excluding hydrogens is 284 g/mol. The first-order valence-corrected chi connectivity index (χ1v) is 8.30. The highest BCUT2D eigenvalue weighted by molar-refractivity contribution is 5.64. The minimum atomic E-state index is 0.692. The Morgan fingerprint density at radius 2 is 2.13 bits per heavy atom. The monoisotopic (exact) mass is 308 g/mol. The molecule has 120 valence electrons. The third kappa shape index (κ3) is 3.89. The molecule has 4 heteroatoms. The molecule has 1 aromatic heterocycles. The van der Waals surface area contributed by atoms with Crippen molar-refractivity contribution in [3.8, 4) is 11.3 Å². The third-order valence-electron chi connectivity index (χ3n) is 4.15. The largest absolute Gasteiger partial charge is 0.366 e. The average molecular weight is 308 g/mol. The highest BCUT2D eigenvalue weighted by atomic mass is 15.3. The van der Waals surface area contributed by atoms with Crippen LogP contribution in [0.4, 0.5) is 11.8 Å². The number of piperidine rings is 1. The number of anilines is 2. The molecular formula is C19H24N4. The Labute approximate surface area is 138 Å². The van der Waals surface area contributed by atoms with E-state index in [0.29, 0.717) is 12.5 Å². The number of benzene rings is 1. The van der Waals surface area contributed by atoms with Crippen LogP contribution in [0.5, 0.6) is 0 Å². The highest BCUT2D eigenvalue weighted by Gasteiger charge is 2.20. The van der Waals surface area contributed by atoms with Crippen molar-refractivity contribution in [1.82, 2.24) is 9.97 Å². The second-order valence-corrected chi connectivity index (χ2v) is 6.17. The molecule has 1 aliphatic rings. The van der Waals surface area contributed by atoms with Gasteiger partial charge in [0, 0.05) is 31.3 Å². The van der Waals surface area contributed by atoms with E-state index in [1.54, 1.807) is 0 Å². The normalized spacial score (nSPS) is 17.8. The summed E-state index contributed by atoms with van der Waals surface area (Å²) in [5.41, 5.74) is 2.07. The summed E-state index contributed by atoms with van der Waals surface area (Å²) in [7, 11) is 0. The second-order valence-electron chi connectivity index (χ2n) is 6.17. The molecule has 1 saturated heterocycles. The number of aromatic nitrogens is 2. The number of rotatable bonds is 5. The lowest BCUT2D eigenvalue weighted by atomic mass is 10.0. The van der Waals surface area contributed by atoms with Gasteiger partial charge in [-0.05, 0) is 18.8 Å². The molecule has 0 bridgehead atoms. The first-order chi connectivity index (χ1) is 11.3. The third-order valence-corrected chi connectivity index (χ3v) is 4.15. The molecule has 1 aromatic carbocycles. The van der Waals surface area contributed by atoms with E-state index in [9.17, 15) is 0 Å². The Balaban J connectivity index is 1.95. The first-order valence-electron chi connectivity index (χ1n) is 8.30. The summed E-state index contributed by atoms with van der Waals surface area (Å²) in [6, 6.07) is 12.3. The van der Waals surface area contributed by atoms with E-state index in [0.717, 1.165) is 36.1 Å². The summed E-state index contributed by atoms with van der Waals surface area (Å²) in [6.45, 7) is 8.81. The van der Waals surface area contributed by atoms with Crippen molar-refractivity contribution < 1.29 is 0 Å². The average Bonchev–Trinajstić information content (AvgIpc) is 2.60. The lowest BCUT2D eigenvalue weighted by Crippen LogP contribution is -2.35. The quantitative estimate of drug-likeness (QED) is 0.848. The fraction of sp³-hybridized carbons (Fsp3) is 0.368. The van der Waals surface area contributed by atoms with Gasteiger partial charge >= 0.3 is 0 Å². The van der Waals surface area contributed by atoms with E-state index in [1.807, 2.05) is 30.3 Å². The van der Waals surface area contributed by atoms with Gasteiger partial charge < -0.3 is 10.2 Å². The minimum absolute atomic E-state index is 0.692. The van der Waals surface area contributed by atoms with Crippen LogP contribution in [0.3, 0.4) is 0 Å². The van der Waals surface area contributed by atoms with Crippen LogP contribution in [0, 0.1) is 5.92 Å². The number of nitrogens with zero attached hydrogens (tertiary/aromatic N) is 3.